The van der Waals surface area contributed by atoms with Crippen LogP contribution in [0.25, 0.3) is 0 Å². The van der Waals surface area contributed by atoms with Crippen LogP contribution >= 0.6 is 0 Å². The number of likely N-dealkylation sites (tertiary alicyclic amines) is 1. The molecule has 1 aliphatic heterocycles. The summed E-state index contributed by atoms with van der Waals surface area (Å²) in [5.41, 5.74) is 1.46. The van der Waals surface area contributed by atoms with E-state index in [2.05, 4.69) is 12.1 Å². The molecule has 3 nitrogen and oxygen atoms in total. The fourth-order valence-electron chi connectivity index (χ4n) is 2.85. The number of hydrogen-bond acceptors (Lipinski definition) is 1. The lowest BCUT2D eigenvalue weighted by Gasteiger charge is -2.17. The molecule has 78 valence electrons. The van der Waals surface area contributed by atoms with Gasteiger partial charge in [0, 0.05) is 18.5 Å². The van der Waals surface area contributed by atoms with Crippen LogP contribution in [-0.2, 0) is 5.41 Å². The van der Waals surface area contributed by atoms with Gasteiger partial charge in [0.25, 0.3) is 0 Å². The summed E-state index contributed by atoms with van der Waals surface area (Å²) < 4.78 is 0. The summed E-state index contributed by atoms with van der Waals surface area (Å²) in [6.45, 7) is 1.39. The Labute approximate surface area is 88.3 Å². The van der Waals surface area contributed by atoms with E-state index in [-0.39, 0.29) is 5.41 Å². The van der Waals surface area contributed by atoms with E-state index in [0.717, 1.165) is 6.42 Å². The lowest BCUT2D eigenvalue weighted by atomic mass is 9.95. The Balaban J connectivity index is 1.88. The Morgan fingerprint density at radius 3 is 2.73 bits per heavy atom. The van der Waals surface area contributed by atoms with Gasteiger partial charge in [-0.15, -0.1) is 0 Å². The number of fused-ring (bicyclic) bond motifs is 1. The van der Waals surface area contributed by atoms with Gasteiger partial charge in [-0.1, -0.05) is 30.3 Å². The molecule has 2 atom stereocenters. The first-order valence-electron chi connectivity index (χ1n) is 5.26. The SMILES string of the molecule is O=C(O)N1CC2CC2(c2ccccc2)C1. The summed E-state index contributed by atoms with van der Waals surface area (Å²) in [6, 6.07) is 10.3. The molecular weight excluding hydrogens is 190 g/mol. The number of piperidine rings is 1. The Morgan fingerprint density at radius 2 is 2.13 bits per heavy atom. The van der Waals surface area contributed by atoms with Crippen LogP contribution in [0.4, 0.5) is 4.79 Å². The van der Waals surface area contributed by atoms with Crippen LogP contribution < -0.4 is 0 Å². The molecule has 2 fully saturated rings. The molecule has 0 bridgehead atoms. The Bertz CT molecular complexity index is 403. The van der Waals surface area contributed by atoms with Crippen molar-refractivity contribution < 1.29 is 9.90 Å². The van der Waals surface area contributed by atoms with Crippen molar-refractivity contribution in [3.63, 3.8) is 0 Å². The molecule has 1 N–H and O–H groups in total. The predicted octanol–water partition coefficient (Wildman–Crippen LogP) is 1.94. The maximum atomic E-state index is 10.9. The van der Waals surface area contributed by atoms with E-state index in [4.69, 9.17) is 5.11 Å². The molecule has 3 heteroatoms. The van der Waals surface area contributed by atoms with Crippen molar-refractivity contribution >= 4 is 6.09 Å². The summed E-state index contributed by atoms with van der Waals surface area (Å²) in [5.74, 6) is 0.552. The number of benzene rings is 1. The molecule has 1 heterocycles. The molecule has 3 rings (SSSR count). The van der Waals surface area contributed by atoms with Crippen LogP contribution in [0.2, 0.25) is 0 Å². The van der Waals surface area contributed by atoms with Crippen LogP contribution in [0.3, 0.4) is 0 Å². The topological polar surface area (TPSA) is 40.5 Å². The second-order valence-electron chi connectivity index (χ2n) is 4.59. The highest BCUT2D eigenvalue weighted by molar-refractivity contribution is 5.66. The number of hydrogen-bond donors (Lipinski definition) is 1. The highest BCUT2D eigenvalue weighted by atomic mass is 16.4. The van der Waals surface area contributed by atoms with Gasteiger partial charge in [0.2, 0.25) is 0 Å². The Hall–Kier alpha value is -1.51. The van der Waals surface area contributed by atoms with E-state index in [0.29, 0.717) is 19.0 Å². The molecular formula is C12H13NO2. The van der Waals surface area contributed by atoms with Crippen LogP contribution in [0, 0.1) is 5.92 Å². The highest BCUT2D eigenvalue weighted by Gasteiger charge is 2.61. The molecule has 1 aliphatic carbocycles. The fourth-order valence-corrected chi connectivity index (χ4v) is 2.85. The lowest BCUT2D eigenvalue weighted by molar-refractivity contribution is 0.150. The number of rotatable bonds is 1. The molecule has 0 radical (unpaired) electrons. The minimum atomic E-state index is -0.780. The number of carbonyl (C=O) groups is 1. The third kappa shape index (κ3) is 1.16. The van der Waals surface area contributed by atoms with Gasteiger partial charge in [0.15, 0.2) is 0 Å². The van der Waals surface area contributed by atoms with Gasteiger partial charge >= 0.3 is 6.09 Å². The van der Waals surface area contributed by atoms with Gasteiger partial charge in [0.1, 0.15) is 0 Å². The van der Waals surface area contributed by atoms with Gasteiger partial charge in [-0.25, -0.2) is 4.79 Å². The molecule has 15 heavy (non-hydrogen) atoms. The zero-order valence-corrected chi connectivity index (χ0v) is 8.39. The molecule has 0 spiro atoms. The molecule has 0 aromatic heterocycles. The fraction of sp³-hybridized carbons (Fsp3) is 0.417. The second kappa shape index (κ2) is 2.75. The van der Waals surface area contributed by atoms with Crippen molar-refractivity contribution in [1.82, 2.24) is 4.90 Å². The maximum Gasteiger partial charge on any atom is 0.407 e. The maximum absolute atomic E-state index is 10.9. The first-order chi connectivity index (χ1) is 7.22. The first kappa shape index (κ1) is 8.77. The monoisotopic (exact) mass is 203 g/mol. The second-order valence-corrected chi connectivity index (χ2v) is 4.59. The lowest BCUT2D eigenvalue weighted by Crippen LogP contribution is -2.31. The third-order valence-corrected chi connectivity index (χ3v) is 3.77. The molecule has 1 saturated heterocycles. The van der Waals surface area contributed by atoms with E-state index in [9.17, 15) is 4.79 Å². The van der Waals surface area contributed by atoms with Gasteiger partial charge in [-0.3, -0.25) is 0 Å². The zero-order valence-electron chi connectivity index (χ0n) is 8.39. The molecule has 2 aliphatic rings. The molecule has 1 saturated carbocycles. The van der Waals surface area contributed by atoms with Crippen molar-refractivity contribution in [2.24, 2.45) is 5.92 Å². The van der Waals surface area contributed by atoms with E-state index < -0.39 is 6.09 Å². The van der Waals surface area contributed by atoms with Gasteiger partial charge in [-0.05, 0) is 17.9 Å². The van der Waals surface area contributed by atoms with Crippen LogP contribution in [0.5, 0.6) is 0 Å². The largest absolute Gasteiger partial charge is 0.465 e. The van der Waals surface area contributed by atoms with Gasteiger partial charge < -0.3 is 10.0 Å². The van der Waals surface area contributed by atoms with E-state index in [1.165, 1.54) is 5.56 Å². The molecule has 1 aromatic rings. The van der Waals surface area contributed by atoms with Gasteiger partial charge in [0.05, 0.1) is 0 Å². The summed E-state index contributed by atoms with van der Waals surface area (Å²) in [5, 5.41) is 8.94. The van der Waals surface area contributed by atoms with Crippen LogP contribution in [0.1, 0.15) is 12.0 Å². The Kier molecular flexibility index (Phi) is 1.61. The van der Waals surface area contributed by atoms with Crippen LogP contribution in [-0.4, -0.2) is 29.2 Å². The van der Waals surface area contributed by atoms with Crippen molar-refractivity contribution in [1.29, 1.82) is 0 Å². The van der Waals surface area contributed by atoms with Crippen molar-refractivity contribution in [3.05, 3.63) is 35.9 Å². The summed E-state index contributed by atoms with van der Waals surface area (Å²) in [4.78, 5) is 12.4. The normalized spacial score (nSPS) is 32.5. The van der Waals surface area contributed by atoms with Crippen molar-refractivity contribution in [2.45, 2.75) is 11.8 Å². The molecule has 1 aromatic carbocycles. The van der Waals surface area contributed by atoms with E-state index in [1.807, 2.05) is 18.2 Å². The smallest absolute Gasteiger partial charge is 0.407 e. The van der Waals surface area contributed by atoms with Crippen molar-refractivity contribution in [3.8, 4) is 0 Å². The Morgan fingerprint density at radius 1 is 1.40 bits per heavy atom. The number of nitrogens with zero attached hydrogens (tertiary/aromatic N) is 1. The third-order valence-electron chi connectivity index (χ3n) is 3.77. The number of amides is 1. The number of carboxylic acid groups (broad SMARTS) is 1. The van der Waals surface area contributed by atoms with E-state index in [1.54, 1.807) is 4.90 Å². The highest BCUT2D eigenvalue weighted by Crippen LogP contribution is 2.58. The standard InChI is InChI=1S/C12H13NO2/c14-11(15)13-7-10-6-12(10,8-13)9-4-2-1-3-5-9/h1-5,10H,6-8H2,(H,14,15). The minimum absolute atomic E-state index is 0.152. The minimum Gasteiger partial charge on any atom is -0.465 e. The summed E-state index contributed by atoms with van der Waals surface area (Å²) >= 11 is 0. The zero-order chi connectivity index (χ0) is 10.5. The van der Waals surface area contributed by atoms with Gasteiger partial charge in [-0.2, -0.15) is 0 Å². The van der Waals surface area contributed by atoms with E-state index >= 15 is 0 Å². The summed E-state index contributed by atoms with van der Waals surface area (Å²) in [7, 11) is 0. The molecule has 1 amide bonds. The average molecular weight is 203 g/mol. The predicted molar refractivity (Wildman–Crippen MR) is 55.8 cm³/mol. The summed E-state index contributed by atoms with van der Waals surface area (Å²) in [6.07, 6.45) is 0.373. The average Bonchev–Trinajstić information content (AvgIpc) is 2.83. The van der Waals surface area contributed by atoms with Crippen LogP contribution in [0.15, 0.2) is 30.3 Å². The first-order valence-corrected chi connectivity index (χ1v) is 5.26. The molecule has 2 unspecified atom stereocenters. The van der Waals surface area contributed by atoms with Crippen molar-refractivity contribution in [2.75, 3.05) is 13.1 Å². The quantitative estimate of drug-likeness (QED) is 0.757.